The SMILES string of the molecule is COc1ccc(-c2nnc(NC(=O)CN(c3cc(OC)c(Cl)cc3OC)S(C)(=O)=O)s2)cc1. The van der Waals surface area contributed by atoms with Gasteiger partial charge in [0.25, 0.3) is 0 Å². The summed E-state index contributed by atoms with van der Waals surface area (Å²) in [5.74, 6) is 0.479. The molecule has 0 fully saturated rings. The lowest BCUT2D eigenvalue weighted by Crippen LogP contribution is -2.37. The maximum Gasteiger partial charge on any atom is 0.246 e. The highest BCUT2D eigenvalue weighted by molar-refractivity contribution is 7.92. The van der Waals surface area contributed by atoms with Gasteiger partial charge in [-0.15, -0.1) is 10.2 Å². The molecule has 0 aliphatic carbocycles. The van der Waals surface area contributed by atoms with Gasteiger partial charge in [0.05, 0.1) is 38.3 Å². The molecule has 1 amide bonds. The molecule has 3 aromatic rings. The van der Waals surface area contributed by atoms with Crippen LogP contribution in [0.25, 0.3) is 10.6 Å². The fourth-order valence-electron chi connectivity index (χ4n) is 2.83. The summed E-state index contributed by atoms with van der Waals surface area (Å²) in [7, 11) is 0.461. The summed E-state index contributed by atoms with van der Waals surface area (Å²) < 4.78 is 41.5. The predicted molar refractivity (Wildman–Crippen MR) is 127 cm³/mol. The number of carbonyl (C=O) groups is 1. The van der Waals surface area contributed by atoms with Gasteiger partial charge >= 0.3 is 0 Å². The van der Waals surface area contributed by atoms with Crippen LogP contribution in [0.1, 0.15) is 0 Å². The Balaban J connectivity index is 1.82. The lowest BCUT2D eigenvalue weighted by Gasteiger charge is -2.24. The van der Waals surface area contributed by atoms with Gasteiger partial charge in [0, 0.05) is 17.7 Å². The van der Waals surface area contributed by atoms with Crippen molar-refractivity contribution in [1.29, 1.82) is 0 Å². The van der Waals surface area contributed by atoms with Crippen molar-refractivity contribution in [3.05, 3.63) is 41.4 Å². The Morgan fingerprint density at radius 2 is 1.73 bits per heavy atom. The van der Waals surface area contributed by atoms with Gasteiger partial charge in [-0.25, -0.2) is 8.42 Å². The van der Waals surface area contributed by atoms with E-state index in [1.54, 1.807) is 19.2 Å². The number of amides is 1. The summed E-state index contributed by atoms with van der Waals surface area (Å²) in [4.78, 5) is 12.7. The van der Waals surface area contributed by atoms with Gasteiger partial charge in [-0.05, 0) is 24.3 Å². The molecule has 1 N–H and O–H groups in total. The molecule has 10 nitrogen and oxygen atoms in total. The first-order chi connectivity index (χ1) is 15.7. The van der Waals surface area contributed by atoms with Gasteiger partial charge < -0.3 is 14.2 Å². The molecule has 2 aromatic carbocycles. The summed E-state index contributed by atoms with van der Waals surface area (Å²) >= 11 is 7.26. The molecule has 176 valence electrons. The number of carbonyl (C=O) groups excluding carboxylic acids is 1. The molecule has 33 heavy (non-hydrogen) atoms. The van der Waals surface area contributed by atoms with Crippen molar-refractivity contribution in [1.82, 2.24) is 10.2 Å². The van der Waals surface area contributed by atoms with Crippen LogP contribution in [-0.2, 0) is 14.8 Å². The van der Waals surface area contributed by atoms with Crippen molar-refractivity contribution in [3.8, 4) is 27.8 Å². The van der Waals surface area contributed by atoms with Gasteiger partial charge in [0.1, 0.15) is 28.8 Å². The first-order valence-corrected chi connectivity index (χ1v) is 12.4. The van der Waals surface area contributed by atoms with Crippen LogP contribution in [0.4, 0.5) is 10.8 Å². The van der Waals surface area contributed by atoms with E-state index in [0.717, 1.165) is 27.5 Å². The summed E-state index contributed by atoms with van der Waals surface area (Å²) in [6, 6.07) is 10.0. The van der Waals surface area contributed by atoms with Gasteiger partial charge in [0.2, 0.25) is 21.1 Å². The number of halogens is 1. The second-order valence-electron chi connectivity index (χ2n) is 6.62. The monoisotopic (exact) mass is 512 g/mol. The van der Waals surface area contributed by atoms with Crippen LogP contribution in [-0.4, -0.2) is 58.7 Å². The number of hydrogen-bond donors (Lipinski definition) is 1. The van der Waals surface area contributed by atoms with Crippen LogP contribution in [0.5, 0.6) is 17.2 Å². The Bertz CT molecular complexity index is 1250. The molecule has 0 unspecified atom stereocenters. The normalized spacial score (nSPS) is 11.1. The molecule has 1 aromatic heterocycles. The van der Waals surface area contributed by atoms with E-state index >= 15 is 0 Å². The second kappa shape index (κ2) is 10.2. The molecule has 0 bridgehead atoms. The number of nitrogens with zero attached hydrogens (tertiary/aromatic N) is 3. The molecular weight excluding hydrogens is 492 g/mol. The van der Waals surface area contributed by atoms with Gasteiger partial charge in [0.15, 0.2) is 0 Å². The Hall–Kier alpha value is -3.09. The van der Waals surface area contributed by atoms with E-state index in [0.29, 0.717) is 10.8 Å². The smallest absolute Gasteiger partial charge is 0.246 e. The Kier molecular flexibility index (Phi) is 7.61. The molecular formula is C20H21ClN4O6S2. The summed E-state index contributed by atoms with van der Waals surface area (Å²) in [5.41, 5.74) is 0.900. The molecule has 13 heteroatoms. The van der Waals surface area contributed by atoms with E-state index in [4.69, 9.17) is 25.8 Å². The van der Waals surface area contributed by atoms with Crippen molar-refractivity contribution >= 4 is 49.7 Å². The average Bonchev–Trinajstić information content (AvgIpc) is 3.25. The van der Waals surface area contributed by atoms with Crippen molar-refractivity contribution in [2.75, 3.05) is 43.8 Å². The van der Waals surface area contributed by atoms with E-state index in [-0.39, 0.29) is 27.3 Å². The highest BCUT2D eigenvalue weighted by Gasteiger charge is 2.26. The van der Waals surface area contributed by atoms with Crippen LogP contribution >= 0.6 is 22.9 Å². The van der Waals surface area contributed by atoms with Crippen molar-refractivity contribution < 1.29 is 27.4 Å². The second-order valence-corrected chi connectivity index (χ2v) is 9.91. The van der Waals surface area contributed by atoms with Gasteiger partial charge in [-0.2, -0.15) is 0 Å². The third-order valence-electron chi connectivity index (χ3n) is 4.42. The summed E-state index contributed by atoms with van der Waals surface area (Å²) in [6.45, 7) is -0.530. The maximum atomic E-state index is 12.7. The highest BCUT2D eigenvalue weighted by atomic mass is 35.5. The number of sulfonamides is 1. The summed E-state index contributed by atoms with van der Waals surface area (Å²) in [5, 5.41) is 11.7. The Morgan fingerprint density at radius 3 is 2.30 bits per heavy atom. The van der Waals surface area contributed by atoms with Crippen LogP contribution < -0.4 is 23.8 Å². The van der Waals surface area contributed by atoms with Crippen LogP contribution in [0, 0.1) is 0 Å². The van der Waals surface area contributed by atoms with Crippen LogP contribution in [0.2, 0.25) is 5.02 Å². The predicted octanol–water partition coefficient (Wildman–Crippen LogP) is 3.29. The molecule has 0 saturated heterocycles. The van der Waals surface area contributed by atoms with Gasteiger partial charge in [-0.3, -0.25) is 14.4 Å². The van der Waals surface area contributed by atoms with Crippen molar-refractivity contribution in [2.24, 2.45) is 0 Å². The molecule has 0 aliphatic heterocycles. The van der Waals surface area contributed by atoms with E-state index in [2.05, 4.69) is 15.5 Å². The van der Waals surface area contributed by atoms with Gasteiger partial charge in [-0.1, -0.05) is 22.9 Å². The molecule has 3 rings (SSSR count). The Labute approximate surface area is 200 Å². The zero-order valence-electron chi connectivity index (χ0n) is 18.2. The molecule has 1 heterocycles. The minimum atomic E-state index is -3.87. The third kappa shape index (κ3) is 5.83. The number of anilines is 2. The van der Waals surface area contributed by atoms with E-state index in [1.807, 2.05) is 12.1 Å². The molecule has 0 saturated carbocycles. The topological polar surface area (TPSA) is 120 Å². The molecule has 0 radical (unpaired) electrons. The van der Waals surface area contributed by atoms with E-state index in [1.165, 1.54) is 26.4 Å². The number of methoxy groups -OCH3 is 3. The fraction of sp³-hybridized carbons (Fsp3) is 0.250. The zero-order chi connectivity index (χ0) is 24.2. The number of aromatic nitrogens is 2. The first-order valence-electron chi connectivity index (χ1n) is 9.33. The number of nitrogens with one attached hydrogen (secondary N) is 1. The standard InChI is InChI=1S/C20H21ClN4O6S2/c1-29-13-7-5-12(6-8-13)19-23-24-20(32-19)22-18(26)11-25(33(4,27)28)15-10-16(30-2)14(21)9-17(15)31-3/h5-10H,11H2,1-4H3,(H,22,24,26). The van der Waals surface area contributed by atoms with Crippen LogP contribution in [0.15, 0.2) is 36.4 Å². The first kappa shape index (κ1) is 24.6. The Morgan fingerprint density at radius 1 is 1.06 bits per heavy atom. The fourth-order valence-corrected chi connectivity index (χ4v) is 4.68. The highest BCUT2D eigenvalue weighted by Crippen LogP contribution is 2.39. The van der Waals surface area contributed by atoms with Crippen LogP contribution in [0.3, 0.4) is 0 Å². The summed E-state index contributed by atoms with van der Waals surface area (Å²) in [6.07, 6.45) is 0.980. The minimum absolute atomic E-state index is 0.104. The molecule has 0 spiro atoms. The number of rotatable bonds is 9. The largest absolute Gasteiger partial charge is 0.497 e. The third-order valence-corrected chi connectivity index (χ3v) is 6.73. The van der Waals surface area contributed by atoms with Crippen molar-refractivity contribution in [3.63, 3.8) is 0 Å². The number of ether oxygens (including phenoxy) is 3. The van der Waals surface area contributed by atoms with E-state index in [9.17, 15) is 13.2 Å². The lowest BCUT2D eigenvalue weighted by atomic mass is 10.2. The molecule has 0 atom stereocenters. The van der Waals surface area contributed by atoms with E-state index < -0.39 is 22.5 Å². The van der Waals surface area contributed by atoms with Crippen molar-refractivity contribution in [2.45, 2.75) is 0 Å². The zero-order valence-corrected chi connectivity index (χ0v) is 20.5. The number of hydrogen-bond acceptors (Lipinski definition) is 9. The minimum Gasteiger partial charge on any atom is -0.497 e. The maximum absolute atomic E-state index is 12.7. The average molecular weight is 513 g/mol. The lowest BCUT2D eigenvalue weighted by molar-refractivity contribution is -0.114. The number of benzene rings is 2. The quantitative estimate of drug-likeness (QED) is 0.463. The molecule has 0 aliphatic rings.